The van der Waals surface area contributed by atoms with Crippen molar-refractivity contribution in [1.29, 1.82) is 0 Å². The highest BCUT2D eigenvalue weighted by Crippen LogP contribution is 2.26. The molecule has 0 heterocycles. The van der Waals surface area contributed by atoms with Crippen LogP contribution in [0.4, 0.5) is 8.78 Å². The average Bonchev–Trinajstić information content (AvgIpc) is 2.20. The molecule has 0 aromatic heterocycles. The van der Waals surface area contributed by atoms with Gasteiger partial charge >= 0.3 is 0 Å². The minimum Gasteiger partial charge on any atom is -0.253 e. The summed E-state index contributed by atoms with van der Waals surface area (Å²) in [5.74, 6) is -0.368. The third kappa shape index (κ3) is 4.10. The van der Waals surface area contributed by atoms with E-state index in [0.717, 1.165) is 0 Å². The van der Waals surface area contributed by atoms with Crippen LogP contribution in [0.25, 0.3) is 0 Å². The summed E-state index contributed by atoms with van der Waals surface area (Å²) in [4.78, 5) is 0. The van der Waals surface area contributed by atoms with Crippen molar-refractivity contribution in [2.24, 2.45) is 0 Å². The molecule has 0 aliphatic carbocycles. The van der Waals surface area contributed by atoms with Crippen molar-refractivity contribution in [2.45, 2.75) is 31.6 Å². The lowest BCUT2D eigenvalue weighted by Crippen LogP contribution is -2.23. The Hall–Kier alpha value is -0.610. The third-order valence-electron chi connectivity index (χ3n) is 1.94. The van der Waals surface area contributed by atoms with Crippen LogP contribution in [-0.2, 0) is 0 Å². The van der Waals surface area contributed by atoms with Crippen LogP contribution in [0, 0.1) is 5.82 Å². The Bertz CT molecular complexity index is 336. The van der Waals surface area contributed by atoms with Crippen molar-refractivity contribution in [3.63, 3.8) is 0 Å². The number of hydrogen-bond donors (Lipinski definition) is 1. The van der Waals surface area contributed by atoms with E-state index in [0.29, 0.717) is 5.56 Å². The van der Waals surface area contributed by atoms with Gasteiger partial charge in [0.1, 0.15) is 12.5 Å². The van der Waals surface area contributed by atoms with Crippen molar-refractivity contribution in [2.75, 3.05) is 6.67 Å². The maximum atomic E-state index is 13.4. The van der Waals surface area contributed by atoms with Gasteiger partial charge in [-0.15, -0.1) is 0 Å². The van der Waals surface area contributed by atoms with Crippen molar-refractivity contribution >= 4 is 11.9 Å². The SMILES string of the molecule is CC(C)(C)SNC(CF)c1ccccc1F. The first-order valence-corrected chi connectivity index (χ1v) is 5.99. The molecule has 0 radical (unpaired) electrons. The van der Waals surface area contributed by atoms with Crippen molar-refractivity contribution in [3.8, 4) is 0 Å². The Morgan fingerprint density at radius 2 is 1.94 bits per heavy atom. The molecule has 1 rings (SSSR count). The van der Waals surface area contributed by atoms with Gasteiger partial charge in [0.05, 0.1) is 6.04 Å². The Morgan fingerprint density at radius 3 is 2.44 bits per heavy atom. The van der Waals surface area contributed by atoms with Gasteiger partial charge in [-0.2, -0.15) is 0 Å². The summed E-state index contributed by atoms with van der Waals surface area (Å²) >= 11 is 1.41. The van der Waals surface area contributed by atoms with Crippen LogP contribution >= 0.6 is 11.9 Å². The van der Waals surface area contributed by atoms with E-state index in [4.69, 9.17) is 0 Å². The van der Waals surface area contributed by atoms with E-state index in [-0.39, 0.29) is 10.6 Å². The van der Waals surface area contributed by atoms with Gasteiger partial charge in [-0.25, -0.2) is 8.78 Å². The predicted octanol–water partition coefficient (Wildman–Crippen LogP) is 3.87. The number of alkyl halides is 1. The largest absolute Gasteiger partial charge is 0.253 e. The molecular formula is C12H17F2NS. The van der Waals surface area contributed by atoms with Gasteiger partial charge in [0.2, 0.25) is 0 Å². The molecule has 1 aromatic rings. The van der Waals surface area contributed by atoms with Crippen LogP contribution in [0.5, 0.6) is 0 Å². The summed E-state index contributed by atoms with van der Waals surface area (Å²) in [6.45, 7) is 5.42. The van der Waals surface area contributed by atoms with Crippen LogP contribution in [0.2, 0.25) is 0 Å². The summed E-state index contributed by atoms with van der Waals surface area (Å²) in [6.07, 6.45) is 0. The lowest BCUT2D eigenvalue weighted by atomic mass is 10.1. The Kier molecular flexibility index (Phi) is 4.74. The Labute approximate surface area is 99.8 Å². The van der Waals surface area contributed by atoms with E-state index >= 15 is 0 Å². The number of hydrogen-bond acceptors (Lipinski definition) is 2. The van der Waals surface area contributed by atoms with Crippen molar-refractivity contribution in [1.82, 2.24) is 4.72 Å². The standard InChI is InChI=1S/C12H17F2NS/c1-12(2,3)16-15-11(8-13)9-6-4-5-7-10(9)14/h4-7,11,15H,8H2,1-3H3. The fraction of sp³-hybridized carbons (Fsp3) is 0.500. The Balaban J connectivity index is 2.72. The highest BCUT2D eigenvalue weighted by Gasteiger charge is 2.18. The van der Waals surface area contributed by atoms with Gasteiger partial charge in [-0.05, 0) is 26.8 Å². The first kappa shape index (κ1) is 13.5. The summed E-state index contributed by atoms with van der Waals surface area (Å²) in [5, 5.41) is 0. The molecule has 1 aromatic carbocycles. The monoisotopic (exact) mass is 245 g/mol. The summed E-state index contributed by atoms with van der Waals surface area (Å²) in [6, 6.07) is 5.68. The normalized spacial score (nSPS) is 13.8. The van der Waals surface area contributed by atoms with Gasteiger partial charge in [-0.1, -0.05) is 30.1 Å². The number of rotatable bonds is 4. The van der Waals surface area contributed by atoms with Crippen LogP contribution in [0.15, 0.2) is 24.3 Å². The molecule has 1 unspecified atom stereocenters. The topological polar surface area (TPSA) is 12.0 Å². The highest BCUT2D eigenvalue weighted by atomic mass is 32.2. The Morgan fingerprint density at radius 1 is 1.31 bits per heavy atom. The number of nitrogens with one attached hydrogen (secondary N) is 1. The second kappa shape index (κ2) is 5.64. The van der Waals surface area contributed by atoms with Gasteiger partial charge < -0.3 is 0 Å². The fourth-order valence-corrected chi connectivity index (χ4v) is 1.87. The van der Waals surface area contributed by atoms with Gasteiger partial charge in [-0.3, -0.25) is 4.72 Å². The van der Waals surface area contributed by atoms with E-state index in [2.05, 4.69) is 4.72 Å². The molecule has 0 saturated heterocycles. The molecule has 4 heteroatoms. The molecule has 0 spiro atoms. The number of halogens is 2. The summed E-state index contributed by atoms with van der Waals surface area (Å²) in [7, 11) is 0. The average molecular weight is 245 g/mol. The summed E-state index contributed by atoms with van der Waals surface area (Å²) < 4.78 is 29.2. The van der Waals surface area contributed by atoms with E-state index in [9.17, 15) is 8.78 Å². The zero-order valence-electron chi connectivity index (χ0n) is 9.76. The molecule has 0 fully saturated rings. The van der Waals surface area contributed by atoms with Crippen LogP contribution in [-0.4, -0.2) is 11.4 Å². The smallest absolute Gasteiger partial charge is 0.128 e. The summed E-state index contributed by atoms with van der Waals surface area (Å²) in [5.41, 5.74) is 0.377. The van der Waals surface area contributed by atoms with Crippen LogP contribution in [0.1, 0.15) is 32.4 Å². The molecule has 90 valence electrons. The zero-order valence-corrected chi connectivity index (χ0v) is 10.6. The minimum atomic E-state index is -0.621. The second-order valence-corrected chi connectivity index (χ2v) is 6.23. The van der Waals surface area contributed by atoms with Crippen molar-refractivity contribution in [3.05, 3.63) is 35.6 Å². The maximum absolute atomic E-state index is 13.4. The second-order valence-electron chi connectivity index (χ2n) is 4.56. The molecule has 1 nitrogen and oxygen atoms in total. The van der Waals surface area contributed by atoms with Crippen LogP contribution in [0.3, 0.4) is 0 Å². The third-order valence-corrected chi connectivity index (χ3v) is 2.96. The van der Waals surface area contributed by atoms with E-state index < -0.39 is 12.7 Å². The zero-order chi connectivity index (χ0) is 12.2. The van der Waals surface area contributed by atoms with Gasteiger partial charge in [0.15, 0.2) is 0 Å². The molecule has 0 amide bonds. The van der Waals surface area contributed by atoms with E-state index in [1.54, 1.807) is 18.2 Å². The molecule has 0 saturated carbocycles. The molecule has 0 bridgehead atoms. The van der Waals surface area contributed by atoms with Crippen molar-refractivity contribution < 1.29 is 8.78 Å². The van der Waals surface area contributed by atoms with Crippen LogP contribution < -0.4 is 4.72 Å². The molecule has 1 N–H and O–H groups in total. The van der Waals surface area contributed by atoms with Gasteiger partial charge in [0.25, 0.3) is 0 Å². The molecule has 0 aliphatic rings. The maximum Gasteiger partial charge on any atom is 0.128 e. The molecule has 0 aliphatic heterocycles. The van der Waals surface area contributed by atoms with E-state index in [1.165, 1.54) is 18.0 Å². The molecule has 1 atom stereocenters. The predicted molar refractivity (Wildman–Crippen MR) is 65.6 cm³/mol. The highest BCUT2D eigenvalue weighted by molar-refractivity contribution is 7.98. The lowest BCUT2D eigenvalue weighted by Gasteiger charge is -2.22. The quantitative estimate of drug-likeness (QED) is 0.808. The van der Waals surface area contributed by atoms with E-state index in [1.807, 2.05) is 20.8 Å². The lowest BCUT2D eigenvalue weighted by molar-refractivity contribution is 0.412. The molecular weight excluding hydrogens is 228 g/mol. The minimum absolute atomic E-state index is 0.0291. The fourth-order valence-electron chi connectivity index (χ4n) is 1.18. The molecule has 16 heavy (non-hydrogen) atoms. The first-order chi connectivity index (χ1) is 7.44. The number of benzene rings is 1. The van der Waals surface area contributed by atoms with Gasteiger partial charge in [0, 0.05) is 10.3 Å². The first-order valence-electron chi connectivity index (χ1n) is 5.18.